The highest BCUT2D eigenvalue weighted by Crippen LogP contribution is 2.28. The minimum Gasteiger partial charge on any atom is -0.871 e. The fourth-order valence-electron chi connectivity index (χ4n) is 3.24. The Morgan fingerprint density at radius 3 is 2.46 bits per heavy atom. The van der Waals surface area contributed by atoms with Crippen LogP contribution in [0.1, 0.15) is 16.7 Å². The van der Waals surface area contributed by atoms with E-state index in [0.29, 0.717) is 15.2 Å². The van der Waals surface area contributed by atoms with Gasteiger partial charge in [-0.05, 0) is 67.6 Å². The molecule has 0 saturated carbocycles. The van der Waals surface area contributed by atoms with Crippen molar-refractivity contribution in [1.82, 2.24) is 15.6 Å². The molecule has 3 aromatic carbocycles. The molecule has 0 unspecified atom stereocenters. The topological polar surface area (TPSA) is 97.1 Å². The predicted molar refractivity (Wildman–Crippen MR) is 143 cm³/mol. The Labute approximate surface area is 223 Å². The molecule has 4 rings (SSSR count). The number of nitrogens with one attached hydrogen (secondary N) is 2. The number of aryl methyl sites for hydroxylation is 2. The summed E-state index contributed by atoms with van der Waals surface area (Å²) >= 11 is 7.84. The van der Waals surface area contributed by atoms with Crippen molar-refractivity contribution in [3.05, 3.63) is 86.3 Å². The molecule has 178 valence electrons. The number of benzene rings is 3. The van der Waals surface area contributed by atoms with Gasteiger partial charge in [0.15, 0.2) is 0 Å². The summed E-state index contributed by atoms with van der Waals surface area (Å²) in [7, 11) is 0. The van der Waals surface area contributed by atoms with Crippen LogP contribution in [0.4, 0.5) is 0 Å². The van der Waals surface area contributed by atoms with Crippen molar-refractivity contribution >= 4 is 55.7 Å². The van der Waals surface area contributed by atoms with Crippen molar-refractivity contribution in [2.75, 3.05) is 5.75 Å². The molecule has 2 N–H and O–H groups in total. The van der Waals surface area contributed by atoms with E-state index in [1.54, 1.807) is 12.1 Å². The Kier molecular flexibility index (Phi) is 8.04. The molecule has 0 fully saturated rings. The molecule has 7 nitrogen and oxygen atoms in total. The normalized spacial score (nSPS) is 11.2. The SMILES string of the molecule is Cc1ccc(-c2[nH]nc(SCC(=O)N/N=C/c3cc(Br)cc(Br)c3[O-])[n+]2-c2ccc(C)cc2)cc1. The van der Waals surface area contributed by atoms with Gasteiger partial charge < -0.3 is 5.11 Å². The average molecular weight is 615 g/mol. The minimum atomic E-state index is -0.317. The number of aromatic amines is 1. The van der Waals surface area contributed by atoms with E-state index in [1.165, 1.54) is 23.5 Å². The molecule has 0 bridgehead atoms. The zero-order valence-corrected chi connectivity index (χ0v) is 22.9. The maximum Gasteiger partial charge on any atom is 0.342 e. The van der Waals surface area contributed by atoms with Gasteiger partial charge in [0.2, 0.25) is 0 Å². The summed E-state index contributed by atoms with van der Waals surface area (Å²) in [6, 6.07) is 19.6. The first-order valence-corrected chi connectivity index (χ1v) is 13.1. The summed E-state index contributed by atoms with van der Waals surface area (Å²) in [4.78, 5) is 12.4. The Balaban J connectivity index is 1.51. The van der Waals surface area contributed by atoms with Crippen LogP contribution in [0.3, 0.4) is 0 Å². The van der Waals surface area contributed by atoms with E-state index in [2.05, 4.69) is 52.6 Å². The molecule has 1 amide bonds. The number of hydrazone groups is 1. The summed E-state index contributed by atoms with van der Waals surface area (Å²) in [5, 5.41) is 24.3. The standard InChI is InChI=1S/C25H21Br2N5O2S/c1-15-3-7-17(8-4-15)24-30-31-25(32(24)20-9-5-16(2)6-10-20)35-14-22(33)29-28-13-18-11-19(26)12-21(27)23(18)34/h3-13H,14H2,1-2H3,(H2,28,29,33,34). The molecule has 0 aliphatic heterocycles. The van der Waals surface area contributed by atoms with Gasteiger partial charge in [-0.3, -0.25) is 4.79 Å². The second-order valence-corrected chi connectivity index (χ2v) is 10.5. The fraction of sp³-hybridized carbons (Fsp3) is 0.120. The van der Waals surface area contributed by atoms with Crippen LogP contribution < -0.4 is 15.1 Å². The summed E-state index contributed by atoms with van der Waals surface area (Å²) in [5.74, 6) is 0.384. The number of nitrogens with zero attached hydrogens (tertiary/aromatic N) is 3. The summed E-state index contributed by atoms with van der Waals surface area (Å²) in [5.41, 5.74) is 7.06. The van der Waals surface area contributed by atoms with Gasteiger partial charge in [-0.25, -0.2) is 5.43 Å². The van der Waals surface area contributed by atoms with Crippen LogP contribution in [0.25, 0.3) is 17.1 Å². The lowest BCUT2D eigenvalue weighted by molar-refractivity contribution is -0.625. The first kappa shape index (κ1) is 25.2. The van der Waals surface area contributed by atoms with Crippen molar-refractivity contribution in [3.8, 4) is 22.8 Å². The Morgan fingerprint density at radius 1 is 1.11 bits per heavy atom. The molecule has 0 aliphatic carbocycles. The largest absolute Gasteiger partial charge is 0.871 e. The smallest absolute Gasteiger partial charge is 0.342 e. The number of halogens is 2. The maximum absolute atomic E-state index is 12.4. The number of thioether (sulfide) groups is 1. The lowest BCUT2D eigenvalue weighted by atomic mass is 10.1. The fourth-order valence-corrected chi connectivity index (χ4v) is 5.26. The molecule has 4 aromatic rings. The summed E-state index contributed by atoms with van der Waals surface area (Å²) in [6.07, 6.45) is 1.33. The molecule has 1 aromatic heterocycles. The van der Waals surface area contributed by atoms with Crippen LogP contribution in [0.2, 0.25) is 0 Å². The minimum absolute atomic E-state index is 0.0911. The number of aromatic nitrogens is 3. The van der Waals surface area contributed by atoms with Crippen LogP contribution in [0.15, 0.2) is 79.9 Å². The van der Waals surface area contributed by atoms with Crippen molar-refractivity contribution in [3.63, 3.8) is 0 Å². The lowest BCUT2D eigenvalue weighted by Gasteiger charge is -2.12. The molecule has 10 heteroatoms. The molecule has 0 atom stereocenters. The van der Waals surface area contributed by atoms with Gasteiger partial charge in [0, 0.05) is 8.95 Å². The van der Waals surface area contributed by atoms with E-state index in [-0.39, 0.29) is 17.4 Å². The van der Waals surface area contributed by atoms with E-state index in [9.17, 15) is 9.90 Å². The first-order valence-electron chi connectivity index (χ1n) is 10.6. The molecular weight excluding hydrogens is 594 g/mol. The van der Waals surface area contributed by atoms with Gasteiger partial charge in [0.25, 0.3) is 11.7 Å². The van der Waals surface area contributed by atoms with Gasteiger partial charge >= 0.3 is 5.16 Å². The highest BCUT2D eigenvalue weighted by molar-refractivity contribution is 9.11. The van der Waals surface area contributed by atoms with Gasteiger partial charge in [0.05, 0.1) is 22.6 Å². The third-order valence-electron chi connectivity index (χ3n) is 5.05. The van der Waals surface area contributed by atoms with Gasteiger partial charge in [-0.2, -0.15) is 9.67 Å². The third kappa shape index (κ3) is 6.19. The van der Waals surface area contributed by atoms with Gasteiger partial charge in [0.1, 0.15) is 5.69 Å². The van der Waals surface area contributed by atoms with Crippen LogP contribution in [-0.2, 0) is 4.79 Å². The monoisotopic (exact) mass is 613 g/mol. The number of carbonyl (C=O) groups excluding carboxylic acids is 1. The van der Waals surface area contributed by atoms with Gasteiger partial charge in [-0.15, -0.1) is 5.10 Å². The maximum atomic E-state index is 12.4. The number of carbonyl (C=O) groups is 1. The van der Waals surface area contributed by atoms with Crippen LogP contribution in [0, 0.1) is 13.8 Å². The van der Waals surface area contributed by atoms with Crippen LogP contribution in [0.5, 0.6) is 5.75 Å². The third-order valence-corrected chi connectivity index (χ3v) is 7.04. The highest BCUT2D eigenvalue weighted by atomic mass is 79.9. The van der Waals surface area contributed by atoms with Crippen molar-refractivity contribution < 1.29 is 14.5 Å². The first-order chi connectivity index (χ1) is 16.8. The second-order valence-electron chi connectivity index (χ2n) is 7.78. The van der Waals surface area contributed by atoms with Crippen molar-refractivity contribution in [2.45, 2.75) is 19.0 Å². The number of rotatable bonds is 7. The lowest BCUT2D eigenvalue weighted by Crippen LogP contribution is -2.34. The number of hydrogen-bond acceptors (Lipinski definition) is 5. The Hall–Kier alpha value is -2.95. The van der Waals surface area contributed by atoms with E-state index >= 15 is 0 Å². The van der Waals surface area contributed by atoms with E-state index in [0.717, 1.165) is 27.1 Å². The quantitative estimate of drug-likeness (QED) is 0.135. The number of amides is 1. The molecule has 35 heavy (non-hydrogen) atoms. The van der Waals surface area contributed by atoms with E-state index < -0.39 is 0 Å². The summed E-state index contributed by atoms with van der Waals surface area (Å²) < 4.78 is 3.14. The van der Waals surface area contributed by atoms with Crippen molar-refractivity contribution in [1.29, 1.82) is 0 Å². The molecule has 0 radical (unpaired) electrons. The molecule has 0 saturated heterocycles. The molecule has 0 aliphatic rings. The Bertz CT molecular complexity index is 1390. The van der Waals surface area contributed by atoms with E-state index in [1.807, 2.05) is 66.9 Å². The zero-order chi connectivity index (χ0) is 24.9. The van der Waals surface area contributed by atoms with Gasteiger partial charge in [-0.1, -0.05) is 73.0 Å². The van der Waals surface area contributed by atoms with Crippen LogP contribution in [-0.4, -0.2) is 28.1 Å². The summed E-state index contributed by atoms with van der Waals surface area (Å²) in [6.45, 7) is 4.08. The number of hydrogen-bond donors (Lipinski definition) is 2. The highest BCUT2D eigenvalue weighted by Gasteiger charge is 2.24. The van der Waals surface area contributed by atoms with Crippen molar-refractivity contribution in [2.24, 2.45) is 5.10 Å². The Morgan fingerprint density at radius 2 is 1.77 bits per heavy atom. The molecule has 1 heterocycles. The number of H-pyrrole nitrogens is 1. The predicted octanol–water partition coefficient (Wildman–Crippen LogP) is 4.81. The molecule has 0 spiro atoms. The zero-order valence-electron chi connectivity index (χ0n) is 18.9. The van der Waals surface area contributed by atoms with E-state index in [4.69, 9.17) is 0 Å². The molecular formula is C25H21Br2N5O2S. The van der Waals surface area contributed by atoms with Crippen LogP contribution >= 0.6 is 43.6 Å². The second kappa shape index (κ2) is 11.2. The average Bonchev–Trinajstić information content (AvgIpc) is 3.25.